The van der Waals surface area contributed by atoms with E-state index >= 15 is 0 Å². The summed E-state index contributed by atoms with van der Waals surface area (Å²) in [7, 11) is 4.05. The molecular weight excluding hydrogens is 356 g/mol. The highest BCUT2D eigenvalue weighted by molar-refractivity contribution is 6.07. The van der Waals surface area contributed by atoms with Crippen molar-refractivity contribution >= 4 is 17.9 Å². The molecule has 3 N–H and O–H groups in total. The van der Waals surface area contributed by atoms with Crippen molar-refractivity contribution in [2.75, 3.05) is 40.3 Å². The number of amides is 3. The highest BCUT2D eigenvalue weighted by atomic mass is 16.2. The third-order valence-corrected chi connectivity index (χ3v) is 6.84. The molecular formula is C20H36N6O2. The van der Waals surface area contributed by atoms with Crippen molar-refractivity contribution in [3.05, 3.63) is 0 Å². The zero-order valence-electron chi connectivity index (χ0n) is 17.6. The molecule has 3 fully saturated rings. The topological polar surface area (TPSA) is 89.1 Å². The number of imide groups is 1. The van der Waals surface area contributed by atoms with Crippen molar-refractivity contribution in [2.24, 2.45) is 10.9 Å². The van der Waals surface area contributed by atoms with Crippen molar-refractivity contribution < 1.29 is 9.59 Å². The number of hydrogen-bond acceptors (Lipinski definition) is 4. The van der Waals surface area contributed by atoms with Gasteiger partial charge in [0.2, 0.25) is 0 Å². The van der Waals surface area contributed by atoms with Crippen molar-refractivity contribution in [3.63, 3.8) is 0 Å². The third-order valence-electron chi connectivity index (χ3n) is 6.84. The maximum Gasteiger partial charge on any atom is 0.322 e. The largest absolute Gasteiger partial charge is 0.355 e. The maximum absolute atomic E-state index is 12.2. The highest BCUT2D eigenvalue weighted by Crippen LogP contribution is 2.30. The van der Waals surface area contributed by atoms with Crippen LogP contribution in [0.15, 0.2) is 4.99 Å². The molecule has 3 aliphatic rings. The Morgan fingerprint density at radius 3 is 2.46 bits per heavy atom. The van der Waals surface area contributed by atoms with Crippen LogP contribution in [0.1, 0.15) is 51.9 Å². The Hall–Kier alpha value is -1.83. The molecule has 1 unspecified atom stereocenters. The summed E-state index contributed by atoms with van der Waals surface area (Å²) in [5, 5.41) is 8.69. The van der Waals surface area contributed by atoms with Gasteiger partial charge in [0.1, 0.15) is 5.54 Å². The minimum absolute atomic E-state index is 0.144. The monoisotopic (exact) mass is 392 g/mol. The van der Waals surface area contributed by atoms with Gasteiger partial charge in [-0.1, -0.05) is 19.3 Å². The molecule has 0 spiro atoms. The van der Waals surface area contributed by atoms with Crippen LogP contribution in [0.5, 0.6) is 0 Å². The second-order valence-electron chi connectivity index (χ2n) is 8.62. The van der Waals surface area contributed by atoms with Gasteiger partial charge in [-0.15, -0.1) is 0 Å². The van der Waals surface area contributed by atoms with Crippen molar-refractivity contribution in [2.45, 2.75) is 63.5 Å². The molecule has 3 amide bonds. The summed E-state index contributed by atoms with van der Waals surface area (Å²) < 4.78 is 0. The first-order chi connectivity index (χ1) is 13.4. The summed E-state index contributed by atoms with van der Waals surface area (Å²) in [6.45, 7) is 5.41. The average Bonchev–Trinajstić information content (AvgIpc) is 2.98. The Morgan fingerprint density at radius 2 is 1.89 bits per heavy atom. The van der Waals surface area contributed by atoms with Gasteiger partial charge in [-0.25, -0.2) is 4.79 Å². The van der Waals surface area contributed by atoms with E-state index in [0.29, 0.717) is 0 Å². The summed E-state index contributed by atoms with van der Waals surface area (Å²) in [6, 6.07) is 0.344. The third kappa shape index (κ3) is 4.59. The van der Waals surface area contributed by atoms with Gasteiger partial charge in [-0.2, -0.15) is 0 Å². The number of piperidine rings is 1. The molecule has 0 aromatic rings. The fourth-order valence-electron chi connectivity index (χ4n) is 4.89. The lowest BCUT2D eigenvalue weighted by Gasteiger charge is -2.40. The summed E-state index contributed by atoms with van der Waals surface area (Å²) in [4.78, 5) is 32.9. The van der Waals surface area contributed by atoms with Crippen LogP contribution in [0.2, 0.25) is 0 Å². The first-order valence-corrected chi connectivity index (χ1v) is 10.7. The Balaban J connectivity index is 1.43. The first-order valence-electron chi connectivity index (χ1n) is 10.7. The predicted molar refractivity (Wildman–Crippen MR) is 110 cm³/mol. The van der Waals surface area contributed by atoms with Crippen molar-refractivity contribution in [3.8, 4) is 0 Å². The molecule has 28 heavy (non-hydrogen) atoms. The smallest absolute Gasteiger partial charge is 0.322 e. The van der Waals surface area contributed by atoms with Crippen LogP contribution in [0.3, 0.4) is 0 Å². The molecule has 8 heteroatoms. The van der Waals surface area contributed by atoms with Gasteiger partial charge >= 0.3 is 6.03 Å². The van der Waals surface area contributed by atoms with Gasteiger partial charge in [0, 0.05) is 39.3 Å². The van der Waals surface area contributed by atoms with Crippen LogP contribution in [0, 0.1) is 5.92 Å². The molecule has 158 valence electrons. The van der Waals surface area contributed by atoms with Crippen LogP contribution < -0.4 is 16.0 Å². The van der Waals surface area contributed by atoms with Gasteiger partial charge in [0.05, 0.1) is 0 Å². The van der Waals surface area contributed by atoms with Gasteiger partial charge in [0.15, 0.2) is 5.96 Å². The summed E-state index contributed by atoms with van der Waals surface area (Å²) >= 11 is 0. The predicted octanol–water partition coefficient (Wildman–Crippen LogP) is 1.14. The molecule has 2 saturated heterocycles. The Morgan fingerprint density at radius 1 is 1.21 bits per heavy atom. The first kappa shape index (κ1) is 20.9. The zero-order valence-corrected chi connectivity index (χ0v) is 17.6. The van der Waals surface area contributed by atoms with E-state index in [0.717, 1.165) is 51.0 Å². The van der Waals surface area contributed by atoms with Crippen molar-refractivity contribution in [1.29, 1.82) is 0 Å². The van der Waals surface area contributed by atoms with Crippen LogP contribution in [-0.4, -0.2) is 79.6 Å². The summed E-state index contributed by atoms with van der Waals surface area (Å²) in [5.74, 6) is 0.871. The van der Waals surface area contributed by atoms with E-state index < -0.39 is 5.54 Å². The Bertz CT molecular complexity index is 596. The molecule has 0 radical (unpaired) electrons. The number of carbonyl (C=O) groups excluding carboxylic acids is 2. The van der Waals surface area contributed by atoms with Crippen LogP contribution in [0.4, 0.5) is 4.79 Å². The van der Waals surface area contributed by atoms with E-state index in [1.807, 2.05) is 14.0 Å². The lowest BCUT2D eigenvalue weighted by Crippen LogP contribution is -2.55. The quantitative estimate of drug-likeness (QED) is 0.371. The van der Waals surface area contributed by atoms with E-state index in [9.17, 15) is 9.59 Å². The normalized spacial score (nSPS) is 27.9. The average molecular weight is 393 g/mol. The maximum atomic E-state index is 12.2. The van der Waals surface area contributed by atoms with Crippen LogP contribution >= 0.6 is 0 Å². The summed E-state index contributed by atoms with van der Waals surface area (Å²) in [5.41, 5.74) is -0.789. The zero-order chi connectivity index (χ0) is 20.1. The molecule has 0 aromatic heterocycles. The minimum atomic E-state index is -0.789. The van der Waals surface area contributed by atoms with E-state index in [1.165, 1.54) is 32.1 Å². The van der Waals surface area contributed by atoms with Gasteiger partial charge < -0.3 is 20.4 Å². The van der Waals surface area contributed by atoms with E-state index in [4.69, 9.17) is 0 Å². The lowest BCUT2D eigenvalue weighted by molar-refractivity contribution is -0.125. The minimum Gasteiger partial charge on any atom is -0.355 e. The van der Waals surface area contributed by atoms with E-state index in [2.05, 4.69) is 37.8 Å². The number of carbonyl (C=O) groups is 2. The number of likely N-dealkylation sites (tertiary alicyclic amines) is 1. The fourth-order valence-corrected chi connectivity index (χ4v) is 4.89. The number of aliphatic imine (C=N–C) groups is 1. The summed E-state index contributed by atoms with van der Waals surface area (Å²) in [6.07, 6.45) is 8.45. The molecule has 2 heterocycles. The molecule has 0 bridgehead atoms. The lowest BCUT2D eigenvalue weighted by atomic mass is 9.79. The molecule has 8 nitrogen and oxygen atoms in total. The number of urea groups is 1. The SMILES string of the molecule is CN=C(NCCN(C)C1CCCCC1)N1CCC(C2(C)NC(=O)NC2=O)CC1. The molecule has 1 aliphatic carbocycles. The molecule has 3 rings (SSSR count). The van der Waals surface area contributed by atoms with Crippen LogP contribution in [-0.2, 0) is 4.79 Å². The van der Waals surface area contributed by atoms with E-state index in [1.54, 1.807) is 0 Å². The number of nitrogens with one attached hydrogen (secondary N) is 3. The second-order valence-corrected chi connectivity index (χ2v) is 8.62. The molecule has 1 saturated carbocycles. The number of rotatable bonds is 5. The molecule has 1 atom stereocenters. The van der Waals surface area contributed by atoms with Crippen molar-refractivity contribution in [1.82, 2.24) is 25.8 Å². The highest BCUT2D eigenvalue weighted by Gasteiger charge is 2.48. The standard InChI is InChI=1S/C20H36N6O2/c1-20(17(27)23-19(28)24-20)15-9-12-26(13-10-15)18(21-2)22-11-14-25(3)16-7-5-4-6-8-16/h15-16H,4-14H2,1-3H3,(H,21,22)(H2,23,24,27,28). The van der Waals surface area contributed by atoms with Gasteiger partial charge in [-0.3, -0.25) is 15.1 Å². The van der Waals surface area contributed by atoms with E-state index in [-0.39, 0.29) is 17.9 Å². The Labute approximate surface area is 168 Å². The number of nitrogens with zero attached hydrogens (tertiary/aromatic N) is 3. The molecule has 2 aliphatic heterocycles. The van der Waals surface area contributed by atoms with Crippen LogP contribution in [0.25, 0.3) is 0 Å². The Kier molecular flexibility index (Phi) is 6.80. The van der Waals surface area contributed by atoms with Gasteiger partial charge in [-0.05, 0) is 45.6 Å². The number of likely N-dealkylation sites (N-methyl/N-ethyl adjacent to an activating group) is 1. The number of guanidine groups is 1. The van der Waals surface area contributed by atoms with Gasteiger partial charge in [0.25, 0.3) is 5.91 Å². The fraction of sp³-hybridized carbons (Fsp3) is 0.850. The number of hydrogen-bond donors (Lipinski definition) is 3. The second kappa shape index (κ2) is 9.11. The molecule has 0 aromatic carbocycles.